The number of para-hydroxylation sites is 1. The van der Waals surface area contributed by atoms with Gasteiger partial charge in [-0.2, -0.15) is 0 Å². The molecule has 0 N–H and O–H groups in total. The zero-order valence-corrected chi connectivity index (χ0v) is 41.9. The molecule has 0 bridgehead atoms. The molecule has 348 valence electrons. The third kappa shape index (κ3) is 6.06. The summed E-state index contributed by atoms with van der Waals surface area (Å²) in [7, 11) is 0. The molecule has 0 radical (unpaired) electrons. The Morgan fingerprint density at radius 1 is 0.338 bits per heavy atom. The number of benzene rings is 10. The maximum absolute atomic E-state index is 5.49. The summed E-state index contributed by atoms with van der Waals surface area (Å²) in [5.74, 6) is 0. The van der Waals surface area contributed by atoms with Crippen LogP contribution in [0.1, 0.15) is 44.5 Å². The summed E-state index contributed by atoms with van der Waals surface area (Å²) in [5, 5.41) is 0. The summed E-state index contributed by atoms with van der Waals surface area (Å²) in [6, 6.07) is 86.6. The molecular weight excluding hydrogens is 894 g/mol. The van der Waals surface area contributed by atoms with Crippen molar-refractivity contribution in [2.24, 2.45) is 0 Å². The van der Waals surface area contributed by atoms with E-state index in [1.807, 2.05) is 0 Å². The molecule has 74 heavy (non-hydrogen) atoms. The van der Waals surface area contributed by atoms with E-state index in [1.54, 1.807) is 0 Å². The van der Waals surface area contributed by atoms with Crippen molar-refractivity contribution in [3.63, 3.8) is 0 Å². The van der Waals surface area contributed by atoms with Gasteiger partial charge < -0.3 is 9.80 Å². The second kappa shape index (κ2) is 16.0. The van der Waals surface area contributed by atoms with Gasteiger partial charge in [0, 0.05) is 45.3 Å². The Morgan fingerprint density at radius 3 is 1.68 bits per heavy atom. The second-order valence-electron chi connectivity index (χ2n) is 20.9. The molecule has 0 saturated heterocycles. The third-order valence-corrected chi connectivity index (χ3v) is 16.5. The van der Waals surface area contributed by atoms with Crippen LogP contribution < -0.4 is 26.2 Å². The number of anilines is 6. The van der Waals surface area contributed by atoms with E-state index in [9.17, 15) is 0 Å². The number of hydrogen-bond donors (Lipinski definition) is 0. The zero-order valence-electron chi connectivity index (χ0n) is 41.9. The molecule has 0 fully saturated rings. The average molecular weight is 944 g/mol. The molecule has 3 nitrogen and oxygen atoms in total. The van der Waals surface area contributed by atoms with E-state index in [0.717, 1.165) is 28.1 Å². The summed E-state index contributed by atoms with van der Waals surface area (Å²) in [6.45, 7) is 8.94. The minimum Gasteiger partial charge on any atom is -0.311 e. The number of fused-ring (bicyclic) bond motifs is 14. The van der Waals surface area contributed by atoms with Gasteiger partial charge in [0.2, 0.25) is 0 Å². The van der Waals surface area contributed by atoms with Gasteiger partial charge >= 0.3 is 0 Å². The van der Waals surface area contributed by atoms with Crippen LogP contribution in [0.2, 0.25) is 0 Å². The number of aryl methyl sites for hydroxylation is 4. The van der Waals surface area contributed by atoms with E-state index in [2.05, 4.69) is 268 Å². The molecule has 11 aromatic rings. The Hall–Kier alpha value is -8.99. The van der Waals surface area contributed by atoms with E-state index in [4.69, 9.17) is 4.98 Å². The van der Waals surface area contributed by atoms with Crippen LogP contribution in [0.3, 0.4) is 0 Å². The van der Waals surface area contributed by atoms with E-state index in [1.165, 1.54) is 123 Å². The summed E-state index contributed by atoms with van der Waals surface area (Å²) >= 11 is 0. The van der Waals surface area contributed by atoms with Crippen LogP contribution in [-0.4, -0.2) is 11.7 Å². The summed E-state index contributed by atoms with van der Waals surface area (Å²) < 4.78 is 0. The SMILES string of the molecule is Cc1cccc(N2c3cc(C)ccc3B3c4cc5c(cc4N(c4ccccc4C)c4cc(C)cc2c43)C2(c3ccccc3-c3ccc(-c4cc(-c6ccccc6)cc(-c6ccccc6)n4)cc32)c2ccccc2-5)c1. The highest BCUT2D eigenvalue weighted by Crippen LogP contribution is 2.64. The summed E-state index contributed by atoms with van der Waals surface area (Å²) in [4.78, 5) is 10.6. The van der Waals surface area contributed by atoms with Crippen LogP contribution >= 0.6 is 0 Å². The lowest BCUT2D eigenvalue weighted by Gasteiger charge is -2.45. The molecule has 1 aromatic heterocycles. The molecule has 2 aliphatic heterocycles. The Kier molecular flexibility index (Phi) is 9.23. The number of aromatic nitrogens is 1. The fourth-order valence-corrected chi connectivity index (χ4v) is 13.4. The van der Waals surface area contributed by atoms with Crippen LogP contribution in [0.4, 0.5) is 34.1 Å². The lowest BCUT2D eigenvalue weighted by Crippen LogP contribution is -2.61. The van der Waals surface area contributed by atoms with Crippen molar-refractivity contribution in [2.75, 3.05) is 9.80 Å². The number of nitrogens with zero attached hydrogens (tertiary/aromatic N) is 3. The molecule has 4 aliphatic rings. The van der Waals surface area contributed by atoms with E-state index in [0.29, 0.717) is 0 Å². The molecule has 15 rings (SSSR count). The van der Waals surface area contributed by atoms with Gasteiger partial charge in [-0.05, 0) is 183 Å². The van der Waals surface area contributed by atoms with Crippen molar-refractivity contribution in [3.05, 3.63) is 275 Å². The highest BCUT2D eigenvalue weighted by Gasteiger charge is 2.54. The van der Waals surface area contributed by atoms with Gasteiger partial charge in [-0.3, -0.25) is 0 Å². The van der Waals surface area contributed by atoms with Crippen molar-refractivity contribution in [3.8, 4) is 55.9 Å². The highest BCUT2D eigenvalue weighted by atomic mass is 15.2. The van der Waals surface area contributed by atoms with Crippen molar-refractivity contribution in [1.29, 1.82) is 0 Å². The summed E-state index contributed by atoms with van der Waals surface area (Å²) in [6.07, 6.45) is 0. The van der Waals surface area contributed by atoms with Gasteiger partial charge in [-0.15, -0.1) is 0 Å². The quantitative estimate of drug-likeness (QED) is 0.160. The van der Waals surface area contributed by atoms with Crippen molar-refractivity contribution < 1.29 is 0 Å². The molecule has 1 atom stereocenters. The van der Waals surface area contributed by atoms with E-state index < -0.39 is 5.41 Å². The van der Waals surface area contributed by atoms with Crippen molar-refractivity contribution in [2.45, 2.75) is 33.1 Å². The first kappa shape index (κ1) is 42.7. The van der Waals surface area contributed by atoms with E-state index in [-0.39, 0.29) is 6.71 Å². The average Bonchev–Trinajstić information content (AvgIpc) is 4.10. The van der Waals surface area contributed by atoms with Gasteiger partial charge in [0.1, 0.15) is 0 Å². The molecule has 10 aromatic carbocycles. The minimum absolute atomic E-state index is 0.0157. The largest absolute Gasteiger partial charge is 0.311 e. The van der Waals surface area contributed by atoms with Gasteiger partial charge in [0.05, 0.1) is 16.8 Å². The predicted octanol–water partition coefficient (Wildman–Crippen LogP) is 15.7. The summed E-state index contributed by atoms with van der Waals surface area (Å²) in [5.41, 5.74) is 32.4. The standard InChI is InChI=1S/C70H50BN3/c1-43-18-17-24-51(34-43)73-65-35-44(2)30-33-60(65)71-61-41-55-53-26-13-15-28-57(53)70(59(55)42-66(61)74(64-29-16-11-19-46(64)4)68-37-45(3)36-67(73)69(68)71)56-27-14-12-25-52(56)54-32-31-49(38-58(54)70)63-40-50(47-20-7-5-8-21-47)39-62(72-63)48-22-9-6-10-23-48/h5-42H,1-4H3. The number of hydrogen-bond acceptors (Lipinski definition) is 3. The number of rotatable bonds is 5. The maximum atomic E-state index is 5.49. The zero-order chi connectivity index (χ0) is 49.4. The van der Waals surface area contributed by atoms with Crippen molar-refractivity contribution in [1.82, 2.24) is 4.98 Å². The predicted molar refractivity (Wildman–Crippen MR) is 310 cm³/mol. The van der Waals surface area contributed by atoms with E-state index >= 15 is 0 Å². The van der Waals surface area contributed by atoms with Crippen LogP contribution in [0.5, 0.6) is 0 Å². The Morgan fingerprint density at radius 2 is 0.932 bits per heavy atom. The third-order valence-electron chi connectivity index (χ3n) is 16.5. The van der Waals surface area contributed by atoms with Gasteiger partial charge in [-0.25, -0.2) is 4.98 Å². The minimum atomic E-state index is -0.610. The molecule has 2 aliphatic carbocycles. The Balaban J connectivity index is 1.02. The lowest BCUT2D eigenvalue weighted by molar-refractivity contribution is 0.794. The molecule has 0 saturated carbocycles. The van der Waals surface area contributed by atoms with Crippen LogP contribution in [0.25, 0.3) is 55.9 Å². The van der Waals surface area contributed by atoms with Gasteiger partial charge in [-0.1, -0.05) is 170 Å². The molecule has 1 spiro atoms. The highest BCUT2D eigenvalue weighted by molar-refractivity contribution is 7.00. The topological polar surface area (TPSA) is 19.4 Å². The Bertz CT molecular complexity index is 4100. The molecule has 4 heteroatoms. The number of pyridine rings is 1. The second-order valence-corrected chi connectivity index (χ2v) is 20.9. The maximum Gasteiger partial charge on any atom is 0.252 e. The fourth-order valence-electron chi connectivity index (χ4n) is 13.4. The van der Waals surface area contributed by atoms with Crippen LogP contribution in [0.15, 0.2) is 231 Å². The fraction of sp³-hybridized carbons (Fsp3) is 0.0714. The lowest BCUT2D eigenvalue weighted by atomic mass is 9.33. The first-order valence-electron chi connectivity index (χ1n) is 26.0. The van der Waals surface area contributed by atoms with Gasteiger partial charge in [0.25, 0.3) is 6.71 Å². The smallest absolute Gasteiger partial charge is 0.252 e. The first-order chi connectivity index (χ1) is 36.3. The molecule has 3 heterocycles. The first-order valence-corrected chi connectivity index (χ1v) is 26.0. The molecular formula is C70H50BN3. The van der Waals surface area contributed by atoms with Gasteiger partial charge in [0.15, 0.2) is 0 Å². The molecule has 1 unspecified atom stereocenters. The van der Waals surface area contributed by atoms with Crippen LogP contribution in [0, 0.1) is 27.7 Å². The van der Waals surface area contributed by atoms with Crippen LogP contribution in [-0.2, 0) is 5.41 Å². The van der Waals surface area contributed by atoms with Crippen molar-refractivity contribution >= 4 is 57.2 Å². The monoisotopic (exact) mass is 943 g/mol. The normalized spacial score (nSPS) is 15.0. The molecule has 0 amide bonds. The Labute approximate surface area is 433 Å².